The van der Waals surface area contributed by atoms with Crippen molar-refractivity contribution >= 4 is 0 Å². The number of hydrazine groups is 2. The van der Waals surface area contributed by atoms with E-state index in [1.54, 1.807) is 0 Å². The number of nitrogens with two attached hydrogens (primary N) is 6. The molecule has 17 N–H and O–H groups in total. The molecule has 0 fully saturated rings. The summed E-state index contributed by atoms with van der Waals surface area (Å²) in [5.74, 6) is 10.9. The summed E-state index contributed by atoms with van der Waals surface area (Å²) in [7, 11) is 0. The van der Waals surface area contributed by atoms with Crippen molar-refractivity contribution in [2.75, 3.05) is 19.8 Å². The first kappa shape index (κ1) is 27.8. The molecule has 0 aliphatic heterocycles. The minimum absolute atomic E-state index is 0.0316. The van der Waals surface area contributed by atoms with Crippen molar-refractivity contribution in [3.63, 3.8) is 0 Å². The smallest absolute Gasteiger partial charge is 0.0522 e. The minimum Gasteiger partial charge on any atom is -0.403 e. The fourth-order valence-electron chi connectivity index (χ4n) is 3.47. The predicted molar refractivity (Wildman–Crippen MR) is 118 cm³/mol. The van der Waals surface area contributed by atoms with Crippen LogP contribution in [-0.2, 0) is 0 Å². The van der Waals surface area contributed by atoms with E-state index in [1.807, 2.05) is 4.90 Å². The molecule has 0 saturated carbocycles. The van der Waals surface area contributed by atoms with Gasteiger partial charge in [-0.3, -0.25) is 16.6 Å². The molecular weight excluding hydrogens is 390 g/mol. The lowest BCUT2D eigenvalue weighted by atomic mass is 9.94. The standard InChI is InChI=1S/C18H41N9O3/c19-10-13(20)16(4-1-7-28)27(17(5-2-8-29)14(21)11-25-23)18(6-3-9-30)15(22)12-26-24/h10-12,16-18,25-26,28-30H,1-9,19-24H2/b13-10-,14-11-,15-12-. The zero-order valence-electron chi connectivity index (χ0n) is 17.6. The Hall–Kier alpha value is -2.22. The van der Waals surface area contributed by atoms with Crippen LogP contribution >= 0.6 is 0 Å². The summed E-state index contributed by atoms with van der Waals surface area (Å²) in [4.78, 5) is 1.99. The molecule has 12 nitrogen and oxygen atoms in total. The van der Waals surface area contributed by atoms with Gasteiger partial charge < -0.3 is 49.1 Å². The normalized spacial score (nSPS) is 16.4. The molecule has 0 aromatic carbocycles. The highest BCUT2D eigenvalue weighted by Gasteiger charge is 2.36. The molecule has 0 aromatic rings. The van der Waals surface area contributed by atoms with Crippen LogP contribution in [0.1, 0.15) is 38.5 Å². The second-order valence-electron chi connectivity index (χ2n) is 6.88. The van der Waals surface area contributed by atoms with Gasteiger partial charge in [-0.25, -0.2) is 0 Å². The van der Waals surface area contributed by atoms with Crippen molar-refractivity contribution in [2.24, 2.45) is 34.6 Å². The van der Waals surface area contributed by atoms with Gasteiger partial charge in [0.1, 0.15) is 0 Å². The Morgan fingerprint density at radius 3 is 1.30 bits per heavy atom. The van der Waals surface area contributed by atoms with E-state index in [4.69, 9.17) is 34.6 Å². The Morgan fingerprint density at radius 2 is 1.03 bits per heavy atom. The van der Waals surface area contributed by atoms with Gasteiger partial charge in [0, 0.05) is 55.5 Å². The van der Waals surface area contributed by atoms with Crippen LogP contribution in [0.4, 0.5) is 0 Å². The third-order valence-corrected chi connectivity index (χ3v) is 4.83. The second-order valence-corrected chi connectivity index (χ2v) is 6.88. The highest BCUT2D eigenvalue weighted by atomic mass is 16.3. The summed E-state index contributed by atoms with van der Waals surface area (Å²) in [6, 6.07) is -1.28. The van der Waals surface area contributed by atoms with Gasteiger partial charge in [-0.1, -0.05) is 0 Å². The monoisotopic (exact) mass is 431 g/mol. The zero-order valence-corrected chi connectivity index (χ0v) is 17.6. The van der Waals surface area contributed by atoms with Crippen LogP contribution in [0.3, 0.4) is 0 Å². The number of aliphatic hydroxyl groups excluding tert-OH is 3. The molecule has 3 atom stereocenters. The second kappa shape index (κ2) is 16.6. The third-order valence-electron chi connectivity index (χ3n) is 4.83. The van der Waals surface area contributed by atoms with Crippen LogP contribution in [0.15, 0.2) is 35.7 Å². The van der Waals surface area contributed by atoms with Crippen molar-refractivity contribution in [2.45, 2.75) is 56.7 Å². The molecule has 0 bridgehead atoms. The number of nitrogens with zero attached hydrogens (tertiary/aromatic N) is 1. The molecule has 176 valence electrons. The van der Waals surface area contributed by atoms with Gasteiger partial charge in [-0.15, -0.1) is 0 Å². The average Bonchev–Trinajstić information content (AvgIpc) is 2.73. The summed E-state index contributed by atoms with van der Waals surface area (Å²) >= 11 is 0. The third kappa shape index (κ3) is 9.07. The summed E-state index contributed by atoms with van der Waals surface area (Å²) < 4.78 is 0. The van der Waals surface area contributed by atoms with Crippen LogP contribution in [0.5, 0.6) is 0 Å². The molecule has 0 aliphatic carbocycles. The maximum atomic E-state index is 9.41. The lowest BCUT2D eigenvalue weighted by molar-refractivity contribution is 0.0959. The molecule has 30 heavy (non-hydrogen) atoms. The number of hydrogen-bond donors (Lipinski definition) is 11. The quantitative estimate of drug-likeness (QED) is 0.0814. The van der Waals surface area contributed by atoms with Gasteiger partial charge in [0.25, 0.3) is 0 Å². The van der Waals surface area contributed by atoms with E-state index in [0.29, 0.717) is 55.6 Å². The molecule has 0 rings (SSSR count). The van der Waals surface area contributed by atoms with Crippen molar-refractivity contribution < 1.29 is 15.3 Å². The van der Waals surface area contributed by atoms with Gasteiger partial charge in [-0.05, 0) is 38.5 Å². The SMILES string of the molecule is N/C=C(\N)C(CCCO)N(C(CCCO)/C(N)=C/NN)C(CCCO)/C(N)=C/NN. The summed E-state index contributed by atoms with van der Waals surface area (Å²) in [6.45, 7) is -0.0987. The summed E-state index contributed by atoms with van der Waals surface area (Å²) in [6.07, 6.45) is 7.06. The Labute approximate surface area is 178 Å². The van der Waals surface area contributed by atoms with Crippen molar-refractivity contribution in [3.05, 3.63) is 35.7 Å². The average molecular weight is 432 g/mol. The molecular formula is C18H41N9O3. The molecule has 3 unspecified atom stereocenters. The van der Waals surface area contributed by atoms with Gasteiger partial charge in [0.2, 0.25) is 0 Å². The van der Waals surface area contributed by atoms with Gasteiger partial charge >= 0.3 is 0 Å². The molecule has 0 aromatic heterocycles. The Morgan fingerprint density at radius 1 is 0.700 bits per heavy atom. The van der Waals surface area contributed by atoms with Crippen LogP contribution < -0.4 is 45.5 Å². The largest absolute Gasteiger partial charge is 0.403 e. The number of nitrogens with one attached hydrogen (secondary N) is 2. The number of rotatable bonds is 17. The van der Waals surface area contributed by atoms with Crippen LogP contribution in [0.25, 0.3) is 0 Å². The van der Waals surface area contributed by atoms with Crippen LogP contribution in [0.2, 0.25) is 0 Å². The maximum absolute atomic E-state index is 9.41. The Balaban J connectivity index is 6.57. The fourth-order valence-corrected chi connectivity index (χ4v) is 3.47. The highest BCUT2D eigenvalue weighted by molar-refractivity contribution is 5.18. The first-order valence-electron chi connectivity index (χ1n) is 10.0. The predicted octanol–water partition coefficient (Wildman–Crippen LogP) is -3.00. The Bertz CT molecular complexity index is 511. The Kier molecular flexibility index (Phi) is 15.3. The maximum Gasteiger partial charge on any atom is 0.0522 e. The highest BCUT2D eigenvalue weighted by Crippen LogP contribution is 2.28. The summed E-state index contributed by atoms with van der Waals surface area (Å²) in [5.41, 5.74) is 30.7. The van der Waals surface area contributed by atoms with E-state index >= 15 is 0 Å². The topological polar surface area (TPSA) is 244 Å². The molecule has 12 heteroatoms. The number of aliphatic hydroxyl groups is 3. The van der Waals surface area contributed by atoms with E-state index in [2.05, 4.69) is 10.9 Å². The van der Waals surface area contributed by atoms with E-state index in [0.717, 1.165) is 0 Å². The minimum atomic E-state index is -0.427. The first-order chi connectivity index (χ1) is 14.4. The molecule has 0 radical (unpaired) electrons. The first-order valence-corrected chi connectivity index (χ1v) is 10.0. The zero-order chi connectivity index (χ0) is 22.9. The molecule has 0 heterocycles. The molecule has 0 amide bonds. The lowest BCUT2D eigenvalue weighted by Crippen LogP contribution is -2.55. The van der Waals surface area contributed by atoms with Gasteiger partial charge in [0.05, 0.1) is 18.1 Å². The lowest BCUT2D eigenvalue weighted by Gasteiger charge is -2.44. The summed E-state index contributed by atoms with van der Waals surface area (Å²) in [5, 5.41) is 28.2. The van der Waals surface area contributed by atoms with E-state index < -0.39 is 18.1 Å². The fraction of sp³-hybridized carbons (Fsp3) is 0.667. The van der Waals surface area contributed by atoms with Gasteiger partial charge in [-0.2, -0.15) is 0 Å². The van der Waals surface area contributed by atoms with Crippen LogP contribution in [-0.4, -0.2) is 58.2 Å². The van der Waals surface area contributed by atoms with E-state index in [9.17, 15) is 15.3 Å². The van der Waals surface area contributed by atoms with Crippen LogP contribution in [0, 0.1) is 0 Å². The van der Waals surface area contributed by atoms with Crippen molar-refractivity contribution in [3.8, 4) is 0 Å². The molecule has 0 spiro atoms. The molecule has 0 saturated heterocycles. The van der Waals surface area contributed by atoms with Crippen molar-refractivity contribution in [1.82, 2.24) is 15.8 Å². The van der Waals surface area contributed by atoms with Gasteiger partial charge in [0.15, 0.2) is 0 Å². The molecule has 0 aliphatic rings. The van der Waals surface area contributed by atoms with Crippen molar-refractivity contribution in [1.29, 1.82) is 0 Å². The number of hydrogen-bond acceptors (Lipinski definition) is 12. The van der Waals surface area contributed by atoms with E-state index in [1.165, 1.54) is 18.6 Å². The van der Waals surface area contributed by atoms with E-state index in [-0.39, 0.29) is 19.8 Å².